The van der Waals surface area contributed by atoms with E-state index in [2.05, 4.69) is 11.7 Å². The lowest BCUT2D eigenvalue weighted by atomic mass is 10.3. The lowest BCUT2D eigenvalue weighted by molar-refractivity contribution is 0.0798. The quantitative estimate of drug-likeness (QED) is 0.311. The van der Waals surface area contributed by atoms with Gasteiger partial charge in [0.15, 0.2) is 0 Å². The van der Waals surface area contributed by atoms with Crippen molar-refractivity contribution in [3.63, 3.8) is 0 Å². The van der Waals surface area contributed by atoms with Crippen molar-refractivity contribution in [2.75, 3.05) is 13.9 Å². The summed E-state index contributed by atoms with van der Waals surface area (Å²) >= 11 is 0. The number of benzene rings is 1. The summed E-state index contributed by atoms with van der Waals surface area (Å²) in [6.07, 6.45) is 2.86. The summed E-state index contributed by atoms with van der Waals surface area (Å²) in [5.74, 6) is 1.51. The van der Waals surface area contributed by atoms with Gasteiger partial charge in [0.25, 0.3) is 0 Å². The van der Waals surface area contributed by atoms with Crippen molar-refractivity contribution < 1.29 is 14.2 Å². The van der Waals surface area contributed by atoms with E-state index in [1.54, 1.807) is 19.2 Å². The molecule has 80 valence electrons. The number of aliphatic imine (C=N–C) groups is 1. The van der Waals surface area contributed by atoms with E-state index >= 15 is 0 Å². The van der Waals surface area contributed by atoms with Gasteiger partial charge in [0, 0.05) is 0 Å². The van der Waals surface area contributed by atoms with Crippen molar-refractivity contribution in [1.29, 1.82) is 0 Å². The highest BCUT2D eigenvalue weighted by Crippen LogP contribution is 2.16. The van der Waals surface area contributed by atoms with Crippen LogP contribution in [-0.2, 0) is 4.74 Å². The van der Waals surface area contributed by atoms with Crippen LogP contribution in [0.1, 0.15) is 0 Å². The molecule has 0 atom stereocenters. The molecule has 0 aliphatic carbocycles. The molecule has 15 heavy (non-hydrogen) atoms. The predicted octanol–water partition coefficient (Wildman–Crippen LogP) is 2.22. The SMILES string of the molecule is C=N/C=C\OCOc1ccc(OC)cc1. The first kappa shape index (κ1) is 11.1. The molecule has 1 rings (SSSR count). The van der Waals surface area contributed by atoms with Crippen LogP contribution in [0.3, 0.4) is 0 Å². The van der Waals surface area contributed by atoms with Crippen molar-refractivity contribution in [2.24, 2.45) is 4.99 Å². The monoisotopic (exact) mass is 207 g/mol. The second kappa shape index (κ2) is 6.48. The van der Waals surface area contributed by atoms with Crippen LogP contribution in [0, 0.1) is 0 Å². The third-order valence-electron chi connectivity index (χ3n) is 1.62. The van der Waals surface area contributed by atoms with Gasteiger partial charge in [0.05, 0.1) is 13.3 Å². The van der Waals surface area contributed by atoms with Crippen LogP contribution in [0.25, 0.3) is 0 Å². The van der Waals surface area contributed by atoms with Crippen LogP contribution in [0.15, 0.2) is 41.7 Å². The number of hydrogen-bond acceptors (Lipinski definition) is 4. The average Bonchev–Trinajstić information content (AvgIpc) is 2.30. The van der Waals surface area contributed by atoms with Gasteiger partial charge in [-0.15, -0.1) is 0 Å². The number of ether oxygens (including phenoxy) is 3. The van der Waals surface area contributed by atoms with Gasteiger partial charge < -0.3 is 14.2 Å². The zero-order valence-corrected chi connectivity index (χ0v) is 8.55. The van der Waals surface area contributed by atoms with Crippen molar-refractivity contribution in [1.82, 2.24) is 0 Å². The van der Waals surface area contributed by atoms with Gasteiger partial charge in [0.2, 0.25) is 6.79 Å². The van der Waals surface area contributed by atoms with E-state index in [1.165, 1.54) is 12.5 Å². The number of rotatable bonds is 6. The van der Waals surface area contributed by atoms with Gasteiger partial charge in [-0.05, 0) is 31.0 Å². The van der Waals surface area contributed by atoms with Crippen molar-refractivity contribution in [2.45, 2.75) is 0 Å². The van der Waals surface area contributed by atoms with E-state index in [1.807, 2.05) is 12.1 Å². The van der Waals surface area contributed by atoms with Crippen LogP contribution in [-0.4, -0.2) is 20.6 Å². The molecule has 0 saturated heterocycles. The Hall–Kier alpha value is -1.97. The molecule has 0 aliphatic heterocycles. The van der Waals surface area contributed by atoms with Crippen LogP contribution in [0.5, 0.6) is 11.5 Å². The maximum atomic E-state index is 5.26. The summed E-state index contributed by atoms with van der Waals surface area (Å²) in [5.41, 5.74) is 0. The molecule has 4 nitrogen and oxygen atoms in total. The molecule has 1 aromatic carbocycles. The maximum Gasteiger partial charge on any atom is 0.230 e. The standard InChI is InChI=1S/C11H13NO3/c1-12-7-8-14-9-15-11-5-3-10(13-2)4-6-11/h3-8H,1,9H2,2H3/b8-7-. The lowest BCUT2D eigenvalue weighted by Gasteiger charge is -2.05. The highest BCUT2D eigenvalue weighted by Gasteiger charge is 1.93. The Labute approximate surface area is 88.8 Å². The van der Waals surface area contributed by atoms with Crippen molar-refractivity contribution >= 4 is 6.72 Å². The van der Waals surface area contributed by atoms with Crippen LogP contribution < -0.4 is 9.47 Å². The van der Waals surface area contributed by atoms with Gasteiger partial charge in [-0.25, -0.2) is 0 Å². The van der Waals surface area contributed by atoms with Crippen LogP contribution in [0.2, 0.25) is 0 Å². The Morgan fingerprint density at radius 2 is 1.93 bits per heavy atom. The molecule has 4 heteroatoms. The highest BCUT2D eigenvalue weighted by molar-refractivity contribution is 5.30. The molecule has 0 N–H and O–H groups in total. The second-order valence-corrected chi connectivity index (χ2v) is 2.57. The Balaban J connectivity index is 2.31. The van der Waals surface area contributed by atoms with Crippen molar-refractivity contribution in [3.05, 3.63) is 36.7 Å². The Bertz CT molecular complexity index is 319. The predicted molar refractivity (Wildman–Crippen MR) is 58.3 cm³/mol. The zero-order chi connectivity index (χ0) is 10.9. The minimum atomic E-state index is 0.137. The van der Waals surface area contributed by atoms with Gasteiger partial charge in [-0.1, -0.05) is 0 Å². The Morgan fingerprint density at radius 3 is 2.53 bits per heavy atom. The lowest BCUT2D eigenvalue weighted by Crippen LogP contribution is -1.98. The second-order valence-electron chi connectivity index (χ2n) is 2.57. The van der Waals surface area contributed by atoms with Gasteiger partial charge in [-0.3, -0.25) is 4.99 Å². The first-order chi connectivity index (χ1) is 7.36. The van der Waals surface area contributed by atoms with Crippen LogP contribution >= 0.6 is 0 Å². The zero-order valence-electron chi connectivity index (χ0n) is 8.55. The largest absolute Gasteiger partial charge is 0.497 e. The normalized spacial score (nSPS) is 9.93. The fourth-order valence-corrected chi connectivity index (χ4v) is 0.899. The smallest absolute Gasteiger partial charge is 0.230 e. The van der Waals surface area contributed by atoms with E-state index in [9.17, 15) is 0 Å². The summed E-state index contributed by atoms with van der Waals surface area (Å²) in [4.78, 5) is 3.48. The summed E-state index contributed by atoms with van der Waals surface area (Å²) in [5, 5.41) is 0. The minimum absolute atomic E-state index is 0.137. The van der Waals surface area contributed by atoms with E-state index in [-0.39, 0.29) is 6.79 Å². The summed E-state index contributed by atoms with van der Waals surface area (Å²) < 4.78 is 15.2. The van der Waals surface area contributed by atoms with Gasteiger partial charge in [-0.2, -0.15) is 0 Å². The summed E-state index contributed by atoms with van der Waals surface area (Å²) in [6, 6.07) is 7.24. The fourth-order valence-electron chi connectivity index (χ4n) is 0.899. The maximum absolute atomic E-state index is 5.26. The first-order valence-electron chi connectivity index (χ1n) is 4.36. The van der Waals surface area contributed by atoms with E-state index < -0.39 is 0 Å². The Morgan fingerprint density at radius 1 is 1.27 bits per heavy atom. The molecule has 0 spiro atoms. The average molecular weight is 207 g/mol. The molecule has 0 amide bonds. The number of methoxy groups -OCH3 is 1. The van der Waals surface area contributed by atoms with Crippen LogP contribution in [0.4, 0.5) is 0 Å². The van der Waals surface area contributed by atoms with E-state index in [0.717, 1.165) is 11.5 Å². The van der Waals surface area contributed by atoms with Gasteiger partial charge >= 0.3 is 0 Å². The molecule has 0 unspecified atom stereocenters. The van der Waals surface area contributed by atoms with Crippen molar-refractivity contribution in [3.8, 4) is 11.5 Å². The molecule has 0 heterocycles. The fraction of sp³-hybridized carbons (Fsp3) is 0.182. The third-order valence-corrected chi connectivity index (χ3v) is 1.62. The molecular weight excluding hydrogens is 194 g/mol. The highest BCUT2D eigenvalue weighted by atomic mass is 16.7. The first-order valence-corrected chi connectivity index (χ1v) is 4.36. The number of nitrogens with zero attached hydrogens (tertiary/aromatic N) is 1. The van der Waals surface area contributed by atoms with E-state index in [0.29, 0.717) is 0 Å². The molecule has 0 bridgehead atoms. The summed E-state index contributed by atoms with van der Waals surface area (Å²) in [7, 11) is 1.62. The molecule has 0 saturated carbocycles. The molecule has 0 fully saturated rings. The molecular formula is C11H13NO3. The molecule has 0 aliphatic rings. The topological polar surface area (TPSA) is 40.0 Å². The molecule has 0 aromatic heterocycles. The van der Waals surface area contributed by atoms with Gasteiger partial charge in [0.1, 0.15) is 17.8 Å². The minimum Gasteiger partial charge on any atom is -0.497 e. The number of hydrogen-bond donors (Lipinski definition) is 0. The molecule has 0 radical (unpaired) electrons. The van der Waals surface area contributed by atoms with E-state index in [4.69, 9.17) is 14.2 Å². The molecule has 1 aromatic rings. The summed E-state index contributed by atoms with van der Waals surface area (Å²) in [6.45, 7) is 3.40. The third kappa shape index (κ3) is 4.17. The Kier molecular flexibility index (Phi) is 4.80.